The Labute approximate surface area is 129 Å². The Hall–Kier alpha value is -1.40. The molecule has 1 aromatic heterocycles. The highest BCUT2D eigenvalue weighted by Gasteiger charge is 2.09. The van der Waals surface area contributed by atoms with Crippen LogP contribution in [0.5, 0.6) is 0 Å². The van der Waals surface area contributed by atoms with Gasteiger partial charge in [0, 0.05) is 17.6 Å². The van der Waals surface area contributed by atoms with Crippen LogP contribution in [0, 0.1) is 0 Å². The van der Waals surface area contributed by atoms with Crippen molar-refractivity contribution in [2.75, 3.05) is 17.8 Å². The summed E-state index contributed by atoms with van der Waals surface area (Å²) in [5, 5.41) is 9.29. The van der Waals surface area contributed by atoms with Crippen molar-refractivity contribution in [2.45, 2.75) is 18.4 Å². The van der Waals surface area contributed by atoms with Gasteiger partial charge in [-0.15, -0.1) is 22.0 Å². The standard InChI is InChI=1S/C15H18N2O2S2/c1-3-12-11-14(20-9-10-21(2,18)19)16-17-15(12)13-7-5-4-6-8-13/h4-8,11H,3,9-10H2,1-2H3. The zero-order valence-corrected chi connectivity index (χ0v) is 13.7. The molecule has 1 aromatic carbocycles. The van der Waals surface area contributed by atoms with Crippen LogP contribution in [-0.2, 0) is 16.3 Å². The molecule has 6 heteroatoms. The Bertz CT molecular complexity index is 701. The fraction of sp³-hybridized carbons (Fsp3) is 0.333. The fourth-order valence-corrected chi connectivity index (χ4v) is 3.96. The average Bonchev–Trinajstić information content (AvgIpc) is 2.46. The minimum atomic E-state index is -2.93. The number of thioether (sulfide) groups is 1. The van der Waals surface area contributed by atoms with Crippen molar-refractivity contribution in [3.8, 4) is 11.3 Å². The maximum Gasteiger partial charge on any atom is 0.148 e. The molecular formula is C15H18N2O2S2. The first-order valence-electron chi connectivity index (χ1n) is 6.72. The Morgan fingerprint density at radius 1 is 1.14 bits per heavy atom. The molecule has 1 heterocycles. The van der Waals surface area contributed by atoms with E-state index < -0.39 is 9.84 Å². The lowest BCUT2D eigenvalue weighted by molar-refractivity contribution is 0.603. The third-order valence-electron chi connectivity index (χ3n) is 2.98. The maximum absolute atomic E-state index is 11.1. The molecule has 0 saturated carbocycles. The zero-order valence-electron chi connectivity index (χ0n) is 12.1. The molecule has 0 fully saturated rings. The van der Waals surface area contributed by atoms with E-state index in [0.29, 0.717) is 5.75 Å². The minimum absolute atomic E-state index is 0.154. The van der Waals surface area contributed by atoms with Gasteiger partial charge in [0.05, 0.1) is 11.4 Å². The van der Waals surface area contributed by atoms with Crippen molar-refractivity contribution in [1.82, 2.24) is 10.2 Å². The van der Waals surface area contributed by atoms with Gasteiger partial charge in [0.2, 0.25) is 0 Å². The molecule has 0 N–H and O–H groups in total. The van der Waals surface area contributed by atoms with Crippen molar-refractivity contribution < 1.29 is 8.42 Å². The van der Waals surface area contributed by atoms with Gasteiger partial charge in [0.1, 0.15) is 14.9 Å². The molecule has 0 aliphatic rings. The summed E-state index contributed by atoms with van der Waals surface area (Å²) in [4.78, 5) is 0. The largest absolute Gasteiger partial charge is 0.229 e. The fourth-order valence-electron chi connectivity index (χ4n) is 1.89. The number of hydrogen-bond donors (Lipinski definition) is 0. The number of nitrogens with zero attached hydrogens (tertiary/aromatic N) is 2. The molecule has 0 saturated heterocycles. The second-order valence-corrected chi connectivity index (χ2v) is 8.13. The Morgan fingerprint density at radius 3 is 2.48 bits per heavy atom. The first-order chi connectivity index (χ1) is 9.99. The van der Waals surface area contributed by atoms with E-state index in [4.69, 9.17) is 0 Å². The van der Waals surface area contributed by atoms with Gasteiger partial charge < -0.3 is 0 Å². The molecule has 0 radical (unpaired) electrons. The molecule has 2 aromatic rings. The van der Waals surface area contributed by atoms with Crippen LogP contribution in [0.2, 0.25) is 0 Å². The number of benzene rings is 1. The lowest BCUT2D eigenvalue weighted by atomic mass is 10.1. The van der Waals surface area contributed by atoms with Crippen molar-refractivity contribution in [1.29, 1.82) is 0 Å². The summed E-state index contributed by atoms with van der Waals surface area (Å²) in [6.07, 6.45) is 2.11. The Kier molecular flexibility index (Phi) is 5.36. The van der Waals surface area contributed by atoms with Crippen molar-refractivity contribution in [3.05, 3.63) is 42.0 Å². The summed E-state index contributed by atoms with van der Waals surface area (Å²) >= 11 is 1.43. The van der Waals surface area contributed by atoms with Gasteiger partial charge in [0.15, 0.2) is 0 Å². The summed E-state index contributed by atoms with van der Waals surface area (Å²) in [6.45, 7) is 2.08. The van der Waals surface area contributed by atoms with Crippen LogP contribution >= 0.6 is 11.8 Å². The summed E-state index contributed by atoms with van der Waals surface area (Å²) in [5.74, 6) is 0.655. The van der Waals surface area contributed by atoms with E-state index in [1.165, 1.54) is 18.0 Å². The molecule has 0 aliphatic carbocycles. The van der Waals surface area contributed by atoms with Crippen molar-refractivity contribution in [2.24, 2.45) is 0 Å². The number of aryl methyl sites for hydroxylation is 1. The summed E-state index contributed by atoms with van der Waals surface area (Å²) in [6, 6.07) is 12.0. The van der Waals surface area contributed by atoms with Gasteiger partial charge in [-0.1, -0.05) is 37.3 Å². The molecular weight excluding hydrogens is 304 g/mol. The van der Waals surface area contributed by atoms with Gasteiger partial charge in [-0.05, 0) is 18.1 Å². The van der Waals surface area contributed by atoms with E-state index in [2.05, 4.69) is 17.1 Å². The van der Waals surface area contributed by atoms with E-state index in [1.807, 2.05) is 36.4 Å². The normalized spacial score (nSPS) is 11.5. The van der Waals surface area contributed by atoms with E-state index in [-0.39, 0.29) is 5.75 Å². The van der Waals surface area contributed by atoms with Crippen LogP contribution in [0.4, 0.5) is 0 Å². The monoisotopic (exact) mass is 322 g/mol. The molecule has 4 nitrogen and oxygen atoms in total. The maximum atomic E-state index is 11.1. The first-order valence-corrected chi connectivity index (χ1v) is 9.77. The molecule has 0 bridgehead atoms. The van der Waals surface area contributed by atoms with Crippen molar-refractivity contribution >= 4 is 21.6 Å². The van der Waals surface area contributed by atoms with Gasteiger partial charge in [0.25, 0.3) is 0 Å². The van der Waals surface area contributed by atoms with Crippen LogP contribution in [0.1, 0.15) is 12.5 Å². The second-order valence-electron chi connectivity index (χ2n) is 4.75. The van der Waals surface area contributed by atoms with Crippen LogP contribution in [-0.4, -0.2) is 36.4 Å². The summed E-state index contributed by atoms with van der Waals surface area (Å²) in [5.41, 5.74) is 3.07. The highest BCUT2D eigenvalue weighted by molar-refractivity contribution is 8.00. The van der Waals surface area contributed by atoms with Crippen molar-refractivity contribution in [3.63, 3.8) is 0 Å². The van der Waals surface area contributed by atoms with E-state index in [0.717, 1.165) is 28.3 Å². The third-order valence-corrected chi connectivity index (χ3v) is 5.09. The summed E-state index contributed by atoms with van der Waals surface area (Å²) in [7, 11) is -2.93. The van der Waals surface area contributed by atoms with Gasteiger partial charge in [-0.2, -0.15) is 0 Å². The molecule has 0 amide bonds. The predicted octanol–water partition coefficient (Wildman–Crippen LogP) is 2.84. The van der Waals surface area contributed by atoms with Gasteiger partial charge >= 0.3 is 0 Å². The number of rotatable bonds is 6. The highest BCUT2D eigenvalue weighted by Crippen LogP contribution is 2.24. The number of aromatic nitrogens is 2. The smallest absolute Gasteiger partial charge is 0.148 e. The SMILES string of the molecule is CCc1cc(SCCS(C)(=O)=O)nnc1-c1ccccc1. The topological polar surface area (TPSA) is 59.9 Å². The minimum Gasteiger partial charge on any atom is -0.229 e. The van der Waals surface area contributed by atoms with Crippen LogP contribution in [0.3, 0.4) is 0 Å². The molecule has 0 spiro atoms. The number of sulfone groups is 1. The van der Waals surface area contributed by atoms with Crippen LogP contribution < -0.4 is 0 Å². The Balaban J connectivity index is 2.17. The summed E-state index contributed by atoms with van der Waals surface area (Å²) < 4.78 is 22.3. The lowest BCUT2D eigenvalue weighted by Crippen LogP contribution is -2.05. The highest BCUT2D eigenvalue weighted by atomic mass is 32.2. The molecule has 0 unspecified atom stereocenters. The van der Waals surface area contributed by atoms with Crippen LogP contribution in [0.25, 0.3) is 11.3 Å². The van der Waals surface area contributed by atoms with Gasteiger partial charge in [-0.25, -0.2) is 8.42 Å². The zero-order chi connectivity index (χ0) is 15.3. The molecule has 21 heavy (non-hydrogen) atoms. The molecule has 2 rings (SSSR count). The Morgan fingerprint density at radius 2 is 1.86 bits per heavy atom. The molecule has 0 aliphatic heterocycles. The molecule has 112 valence electrons. The second kappa shape index (κ2) is 7.04. The predicted molar refractivity (Wildman–Crippen MR) is 87.3 cm³/mol. The quantitative estimate of drug-likeness (QED) is 0.765. The van der Waals surface area contributed by atoms with E-state index >= 15 is 0 Å². The van der Waals surface area contributed by atoms with Crippen LogP contribution in [0.15, 0.2) is 41.4 Å². The average molecular weight is 322 g/mol. The molecule has 0 atom stereocenters. The first kappa shape index (κ1) is 16.0. The third kappa shape index (κ3) is 4.82. The van der Waals surface area contributed by atoms with E-state index in [9.17, 15) is 8.42 Å². The van der Waals surface area contributed by atoms with E-state index in [1.54, 1.807) is 0 Å². The lowest BCUT2D eigenvalue weighted by Gasteiger charge is -2.08. The van der Waals surface area contributed by atoms with Gasteiger partial charge in [-0.3, -0.25) is 0 Å². The number of hydrogen-bond acceptors (Lipinski definition) is 5.